The highest BCUT2D eigenvalue weighted by molar-refractivity contribution is 7.90. The van der Waals surface area contributed by atoms with Crippen molar-refractivity contribution in [3.05, 3.63) is 17.9 Å². The maximum Gasteiger partial charge on any atom is 0.413 e. The summed E-state index contributed by atoms with van der Waals surface area (Å²) in [6.07, 6.45) is 4.88. The van der Waals surface area contributed by atoms with Crippen LogP contribution in [0.15, 0.2) is 17.0 Å². The fourth-order valence-electron chi connectivity index (χ4n) is 1.26. The number of nitrogens with one attached hydrogen (secondary N) is 1. The van der Waals surface area contributed by atoms with Crippen LogP contribution in [-0.4, -0.2) is 34.4 Å². The number of rotatable bonds is 4. The zero-order valence-electron chi connectivity index (χ0n) is 10.8. The molecule has 0 heterocycles. The van der Waals surface area contributed by atoms with Crippen LogP contribution in [0.25, 0.3) is 0 Å². The number of carbonyl (C=O) groups excluding carboxylic acids is 1. The standard InChI is InChI=1S/C12H12FNO5S/c1-4-5-14-12(15)19-11-9(13)6-8(20(3,16)17)7-10(11)18-2/h1,6-7H,5H2,2-3H3,(H,14,15). The van der Waals surface area contributed by atoms with Crippen LogP contribution in [-0.2, 0) is 9.84 Å². The molecule has 8 heteroatoms. The van der Waals surface area contributed by atoms with Crippen LogP contribution in [0.2, 0.25) is 0 Å². The first-order chi connectivity index (χ1) is 9.29. The molecular formula is C12H12FNO5S. The largest absolute Gasteiger partial charge is 0.493 e. The van der Waals surface area contributed by atoms with Crippen LogP contribution >= 0.6 is 0 Å². The van der Waals surface area contributed by atoms with Gasteiger partial charge in [0.25, 0.3) is 0 Å². The first-order valence-corrected chi connectivity index (χ1v) is 7.15. The molecule has 0 radical (unpaired) electrons. The van der Waals surface area contributed by atoms with Crippen LogP contribution in [0.1, 0.15) is 0 Å². The van der Waals surface area contributed by atoms with Gasteiger partial charge in [-0.3, -0.25) is 0 Å². The van der Waals surface area contributed by atoms with Gasteiger partial charge in [-0.05, 0) is 6.07 Å². The topological polar surface area (TPSA) is 81.7 Å². The highest BCUT2D eigenvalue weighted by Gasteiger charge is 2.20. The molecule has 0 aromatic heterocycles. The van der Waals surface area contributed by atoms with Crippen molar-refractivity contribution < 1.29 is 27.1 Å². The number of terminal acetylenes is 1. The molecule has 0 spiro atoms. The number of ether oxygens (including phenoxy) is 2. The summed E-state index contributed by atoms with van der Waals surface area (Å²) in [7, 11) is -2.43. The third-order valence-corrected chi connectivity index (χ3v) is 3.25. The van der Waals surface area contributed by atoms with E-state index in [4.69, 9.17) is 15.9 Å². The average Bonchev–Trinajstić information content (AvgIpc) is 2.37. The molecule has 0 aliphatic heterocycles. The zero-order chi connectivity index (χ0) is 15.3. The fraction of sp³-hybridized carbons (Fsp3) is 0.250. The molecule has 0 unspecified atom stereocenters. The average molecular weight is 301 g/mol. The van der Waals surface area contributed by atoms with Crippen molar-refractivity contribution in [2.45, 2.75) is 4.90 Å². The Morgan fingerprint density at radius 1 is 1.50 bits per heavy atom. The highest BCUT2D eigenvalue weighted by Crippen LogP contribution is 2.33. The number of amides is 1. The van der Waals surface area contributed by atoms with Crippen molar-refractivity contribution in [3.63, 3.8) is 0 Å². The Hall–Kier alpha value is -2.27. The van der Waals surface area contributed by atoms with Crippen LogP contribution < -0.4 is 14.8 Å². The molecule has 0 atom stereocenters. The van der Waals surface area contributed by atoms with Crippen molar-refractivity contribution in [1.82, 2.24) is 5.32 Å². The summed E-state index contributed by atoms with van der Waals surface area (Å²) < 4.78 is 46.1. The van der Waals surface area contributed by atoms with Gasteiger partial charge in [0, 0.05) is 12.3 Å². The van der Waals surface area contributed by atoms with Crippen molar-refractivity contribution in [2.75, 3.05) is 19.9 Å². The molecule has 0 saturated heterocycles. The third-order valence-electron chi connectivity index (χ3n) is 2.16. The molecule has 0 saturated carbocycles. The van der Waals surface area contributed by atoms with Crippen LogP contribution in [0.5, 0.6) is 11.5 Å². The molecule has 1 amide bonds. The van der Waals surface area contributed by atoms with E-state index in [2.05, 4.69) is 11.2 Å². The predicted octanol–water partition coefficient (Wildman–Crippen LogP) is 0.959. The lowest BCUT2D eigenvalue weighted by atomic mass is 10.3. The number of sulfone groups is 1. The molecule has 0 bridgehead atoms. The smallest absolute Gasteiger partial charge is 0.413 e. The highest BCUT2D eigenvalue weighted by atomic mass is 32.2. The summed E-state index contributed by atoms with van der Waals surface area (Å²) in [5, 5.41) is 2.17. The van der Waals surface area contributed by atoms with E-state index < -0.39 is 27.5 Å². The van der Waals surface area contributed by atoms with Crippen molar-refractivity contribution in [1.29, 1.82) is 0 Å². The van der Waals surface area contributed by atoms with E-state index in [1.807, 2.05) is 0 Å². The van der Waals surface area contributed by atoms with Crippen LogP contribution in [0.3, 0.4) is 0 Å². The first-order valence-electron chi connectivity index (χ1n) is 5.26. The van der Waals surface area contributed by atoms with Gasteiger partial charge in [-0.25, -0.2) is 17.6 Å². The zero-order valence-corrected chi connectivity index (χ0v) is 11.6. The van der Waals surface area contributed by atoms with Crippen LogP contribution in [0, 0.1) is 18.2 Å². The Morgan fingerprint density at radius 3 is 2.65 bits per heavy atom. The Bertz CT molecular complexity index is 663. The third kappa shape index (κ3) is 3.86. The van der Waals surface area contributed by atoms with E-state index in [1.54, 1.807) is 0 Å². The van der Waals surface area contributed by atoms with E-state index in [1.165, 1.54) is 7.11 Å². The quantitative estimate of drug-likeness (QED) is 0.838. The van der Waals surface area contributed by atoms with Gasteiger partial charge in [-0.15, -0.1) is 6.42 Å². The summed E-state index contributed by atoms with van der Waals surface area (Å²) >= 11 is 0. The summed E-state index contributed by atoms with van der Waals surface area (Å²) in [4.78, 5) is 11.0. The minimum Gasteiger partial charge on any atom is -0.493 e. The second-order valence-corrected chi connectivity index (χ2v) is 5.67. The van der Waals surface area contributed by atoms with E-state index in [9.17, 15) is 17.6 Å². The number of halogens is 1. The molecule has 20 heavy (non-hydrogen) atoms. The minimum atomic E-state index is -3.62. The SMILES string of the molecule is C#CCNC(=O)Oc1c(F)cc(S(C)(=O)=O)cc1OC. The summed E-state index contributed by atoms with van der Waals surface area (Å²) in [6, 6.07) is 1.80. The lowest BCUT2D eigenvalue weighted by Gasteiger charge is -2.11. The molecule has 0 fully saturated rings. The number of methoxy groups -OCH3 is 1. The minimum absolute atomic E-state index is 0.0931. The van der Waals surface area contributed by atoms with E-state index in [-0.39, 0.29) is 17.2 Å². The lowest BCUT2D eigenvalue weighted by Crippen LogP contribution is -2.27. The Labute approximate surface area is 115 Å². The number of hydrogen-bond donors (Lipinski definition) is 1. The first kappa shape index (κ1) is 15.8. The monoisotopic (exact) mass is 301 g/mol. The van der Waals surface area contributed by atoms with Gasteiger partial charge in [0.15, 0.2) is 21.4 Å². The normalized spacial score (nSPS) is 10.5. The molecule has 1 aromatic rings. The lowest BCUT2D eigenvalue weighted by molar-refractivity contribution is 0.197. The van der Waals surface area contributed by atoms with E-state index in [0.29, 0.717) is 0 Å². The summed E-state index contributed by atoms with van der Waals surface area (Å²) in [6.45, 7) is -0.0931. The van der Waals surface area contributed by atoms with Gasteiger partial charge in [-0.1, -0.05) is 5.92 Å². The molecule has 1 rings (SSSR count). The Kier molecular flexibility index (Phi) is 4.94. The summed E-state index contributed by atoms with van der Waals surface area (Å²) in [5.41, 5.74) is 0. The van der Waals surface area contributed by atoms with Gasteiger partial charge in [0.2, 0.25) is 5.75 Å². The van der Waals surface area contributed by atoms with E-state index >= 15 is 0 Å². The predicted molar refractivity (Wildman–Crippen MR) is 68.9 cm³/mol. The molecule has 1 aromatic carbocycles. The van der Waals surface area contributed by atoms with Crippen molar-refractivity contribution in [3.8, 4) is 23.8 Å². The number of hydrogen-bond acceptors (Lipinski definition) is 5. The van der Waals surface area contributed by atoms with Crippen molar-refractivity contribution in [2.24, 2.45) is 0 Å². The maximum absolute atomic E-state index is 13.8. The second kappa shape index (κ2) is 6.25. The van der Waals surface area contributed by atoms with Gasteiger partial charge < -0.3 is 14.8 Å². The van der Waals surface area contributed by atoms with Crippen molar-refractivity contribution >= 4 is 15.9 Å². The number of benzene rings is 1. The second-order valence-electron chi connectivity index (χ2n) is 3.66. The summed E-state index contributed by atoms with van der Waals surface area (Å²) in [5.74, 6) is 0.359. The van der Waals surface area contributed by atoms with Crippen LogP contribution in [0.4, 0.5) is 9.18 Å². The molecule has 108 valence electrons. The van der Waals surface area contributed by atoms with Gasteiger partial charge >= 0.3 is 6.09 Å². The Morgan fingerprint density at radius 2 is 2.15 bits per heavy atom. The molecule has 1 N–H and O–H groups in total. The molecule has 6 nitrogen and oxygen atoms in total. The molecule has 0 aliphatic carbocycles. The molecular weight excluding hydrogens is 289 g/mol. The fourth-order valence-corrected chi connectivity index (χ4v) is 1.90. The van der Waals surface area contributed by atoms with E-state index in [0.717, 1.165) is 18.4 Å². The van der Waals surface area contributed by atoms with Gasteiger partial charge in [0.1, 0.15) is 0 Å². The van der Waals surface area contributed by atoms with Gasteiger partial charge in [0.05, 0.1) is 18.6 Å². The Balaban J connectivity index is 3.15. The molecule has 0 aliphatic rings. The van der Waals surface area contributed by atoms with Gasteiger partial charge in [-0.2, -0.15) is 0 Å². The number of carbonyl (C=O) groups is 1. The maximum atomic E-state index is 13.8.